The lowest BCUT2D eigenvalue weighted by Crippen LogP contribution is -2.53. The third-order valence-corrected chi connectivity index (χ3v) is 9.11. The molecule has 0 radical (unpaired) electrons. The van der Waals surface area contributed by atoms with Crippen LogP contribution in [0.1, 0.15) is 41.6 Å². The highest BCUT2D eigenvalue weighted by atomic mass is 79.9. The van der Waals surface area contributed by atoms with Gasteiger partial charge in [0.05, 0.1) is 5.69 Å². The Bertz CT molecular complexity index is 1150. The summed E-state index contributed by atoms with van der Waals surface area (Å²) in [6, 6.07) is 12.9. The first kappa shape index (κ1) is 26.2. The molecule has 8 nitrogen and oxygen atoms in total. The maximum atomic E-state index is 13.1. The summed E-state index contributed by atoms with van der Waals surface area (Å²) in [7, 11) is 0. The number of carbonyl (C=O) groups is 3. The first-order chi connectivity index (χ1) is 17.8. The number of nitrogens with one attached hydrogen (secondary N) is 1. The van der Waals surface area contributed by atoms with Crippen LogP contribution in [0.5, 0.6) is 0 Å². The molecule has 10 heteroatoms. The van der Waals surface area contributed by atoms with Gasteiger partial charge in [0, 0.05) is 59.2 Å². The van der Waals surface area contributed by atoms with Crippen LogP contribution in [0.4, 0.5) is 10.5 Å². The molecule has 0 saturated carbocycles. The molecule has 3 fully saturated rings. The molecule has 0 aromatic heterocycles. The molecule has 3 aliphatic rings. The molecule has 1 unspecified atom stereocenters. The molecule has 4 amide bonds. The molecule has 196 valence electrons. The molecule has 37 heavy (non-hydrogen) atoms. The van der Waals surface area contributed by atoms with Crippen LogP contribution in [-0.4, -0.2) is 76.8 Å². The molecule has 3 aliphatic heterocycles. The van der Waals surface area contributed by atoms with Crippen LogP contribution in [0.15, 0.2) is 51.4 Å². The molecule has 2 aromatic carbocycles. The number of hydrogen-bond donors (Lipinski definition) is 2. The lowest BCUT2D eigenvalue weighted by molar-refractivity contribution is -0.129. The Morgan fingerprint density at radius 3 is 2.14 bits per heavy atom. The molecule has 5 rings (SSSR count). The molecule has 3 heterocycles. The average molecular weight is 633 g/mol. The van der Waals surface area contributed by atoms with Gasteiger partial charge in [0.25, 0.3) is 11.8 Å². The molecule has 0 spiro atoms. The van der Waals surface area contributed by atoms with Crippen molar-refractivity contribution in [3.8, 4) is 0 Å². The van der Waals surface area contributed by atoms with Crippen molar-refractivity contribution in [1.82, 2.24) is 20.0 Å². The van der Waals surface area contributed by atoms with Gasteiger partial charge < -0.3 is 20.9 Å². The van der Waals surface area contributed by atoms with Crippen molar-refractivity contribution in [2.45, 2.75) is 50.2 Å². The molecule has 0 bridgehead atoms. The molecule has 0 aliphatic carbocycles. The molecular weight excluding hydrogens is 602 g/mol. The first-order valence-corrected chi connectivity index (χ1v) is 14.4. The highest BCUT2D eigenvalue weighted by Crippen LogP contribution is 2.31. The minimum atomic E-state index is -0.489. The summed E-state index contributed by atoms with van der Waals surface area (Å²) in [6.45, 7) is 3.11. The monoisotopic (exact) mass is 631 g/mol. The molecule has 3 N–H and O–H groups in total. The highest BCUT2D eigenvalue weighted by Gasteiger charge is 2.43. The minimum Gasteiger partial charge on any atom is -0.397 e. The van der Waals surface area contributed by atoms with Gasteiger partial charge in [0.15, 0.2) is 0 Å². The zero-order valence-electron chi connectivity index (χ0n) is 20.5. The lowest BCUT2D eigenvalue weighted by Gasteiger charge is -2.42. The van der Waals surface area contributed by atoms with Crippen LogP contribution in [0.2, 0.25) is 0 Å². The summed E-state index contributed by atoms with van der Waals surface area (Å²) in [6.07, 6.45) is 3.90. The summed E-state index contributed by atoms with van der Waals surface area (Å²) in [5.74, 6) is -0.0951. The summed E-state index contributed by atoms with van der Waals surface area (Å²) in [4.78, 5) is 44.6. The SMILES string of the molecule is Nc1c(Br)cc(C(=O)N2CCC(N3CCC(N4C(=O)NC(Cc5ccccc5)C4=O)CC3)CC2)cc1Br. The second-order valence-electron chi connectivity index (χ2n) is 10.0. The predicted octanol–water partition coefficient (Wildman–Crippen LogP) is 4.03. The van der Waals surface area contributed by atoms with E-state index in [2.05, 4.69) is 42.1 Å². The van der Waals surface area contributed by atoms with Crippen molar-refractivity contribution in [2.24, 2.45) is 0 Å². The number of hydrogen-bond acceptors (Lipinski definition) is 5. The zero-order chi connectivity index (χ0) is 26.1. The number of benzene rings is 2. The van der Waals surface area contributed by atoms with Crippen LogP contribution in [0.3, 0.4) is 0 Å². The van der Waals surface area contributed by atoms with E-state index in [1.807, 2.05) is 35.2 Å². The highest BCUT2D eigenvalue weighted by molar-refractivity contribution is 9.11. The predicted molar refractivity (Wildman–Crippen MR) is 149 cm³/mol. The van der Waals surface area contributed by atoms with Gasteiger partial charge in [-0.15, -0.1) is 0 Å². The van der Waals surface area contributed by atoms with E-state index in [1.165, 1.54) is 4.90 Å². The maximum absolute atomic E-state index is 13.1. The molecule has 1 atom stereocenters. The lowest BCUT2D eigenvalue weighted by atomic mass is 9.96. The van der Waals surface area contributed by atoms with E-state index in [0.29, 0.717) is 45.7 Å². The van der Waals surface area contributed by atoms with Gasteiger partial charge in [-0.3, -0.25) is 14.5 Å². The fourth-order valence-corrected chi connectivity index (χ4v) is 6.90. The van der Waals surface area contributed by atoms with Crippen molar-refractivity contribution in [2.75, 3.05) is 31.9 Å². The standard InChI is InChI=1S/C27H31Br2N5O3/c28-21-15-18(16-22(29)24(21)30)25(35)33-12-6-19(7-13-33)32-10-8-20(9-11-32)34-26(36)23(31-27(34)37)14-17-4-2-1-3-5-17/h1-5,15-16,19-20,23H,6-14,30H2,(H,31,37). The summed E-state index contributed by atoms with van der Waals surface area (Å²) >= 11 is 6.85. The number of likely N-dealkylation sites (tertiary alicyclic amines) is 2. The van der Waals surface area contributed by atoms with Gasteiger partial charge >= 0.3 is 6.03 Å². The van der Waals surface area contributed by atoms with Gasteiger partial charge in [-0.05, 0) is 75.2 Å². The number of imide groups is 1. The second kappa shape index (κ2) is 11.1. The van der Waals surface area contributed by atoms with Gasteiger partial charge in [-0.1, -0.05) is 30.3 Å². The van der Waals surface area contributed by atoms with E-state index >= 15 is 0 Å². The van der Waals surface area contributed by atoms with Crippen LogP contribution in [-0.2, 0) is 11.2 Å². The normalized spacial score (nSPS) is 21.9. The fraction of sp³-hybridized carbons (Fsp3) is 0.444. The third kappa shape index (κ3) is 5.56. The van der Waals surface area contributed by atoms with Crippen LogP contribution < -0.4 is 11.1 Å². The van der Waals surface area contributed by atoms with E-state index in [9.17, 15) is 14.4 Å². The Kier molecular flexibility index (Phi) is 7.88. The number of nitrogens with two attached hydrogens (primary N) is 1. The smallest absolute Gasteiger partial charge is 0.325 e. The number of halogens is 2. The Labute approximate surface area is 233 Å². The van der Waals surface area contributed by atoms with Gasteiger partial charge in [0.1, 0.15) is 6.04 Å². The first-order valence-electron chi connectivity index (χ1n) is 12.8. The molecule has 2 aromatic rings. The van der Waals surface area contributed by atoms with Crippen molar-refractivity contribution in [1.29, 1.82) is 0 Å². The number of carbonyl (C=O) groups excluding carboxylic acids is 3. The topological polar surface area (TPSA) is 99.0 Å². The van der Waals surface area contributed by atoms with Crippen molar-refractivity contribution < 1.29 is 14.4 Å². The van der Waals surface area contributed by atoms with Crippen molar-refractivity contribution >= 4 is 55.4 Å². The quantitative estimate of drug-likeness (QED) is 0.383. The fourth-order valence-electron chi connectivity index (χ4n) is 5.72. The molecule has 3 saturated heterocycles. The molecular formula is C27H31Br2N5O3. The second-order valence-corrected chi connectivity index (χ2v) is 11.8. The summed E-state index contributed by atoms with van der Waals surface area (Å²) in [5.41, 5.74) is 8.20. The van der Waals surface area contributed by atoms with E-state index in [0.717, 1.165) is 44.3 Å². The number of rotatable bonds is 5. The van der Waals surface area contributed by atoms with Crippen LogP contribution in [0, 0.1) is 0 Å². The van der Waals surface area contributed by atoms with Crippen molar-refractivity contribution in [3.05, 3.63) is 62.5 Å². The summed E-state index contributed by atoms with van der Waals surface area (Å²) < 4.78 is 1.42. The van der Waals surface area contributed by atoms with E-state index in [1.54, 1.807) is 12.1 Å². The minimum absolute atomic E-state index is 0.0159. The maximum Gasteiger partial charge on any atom is 0.325 e. The Balaban J connectivity index is 1.12. The van der Waals surface area contributed by atoms with E-state index in [4.69, 9.17) is 5.73 Å². The van der Waals surface area contributed by atoms with Crippen molar-refractivity contribution in [3.63, 3.8) is 0 Å². The van der Waals surface area contributed by atoms with Crippen LogP contribution >= 0.6 is 31.9 Å². The van der Waals surface area contributed by atoms with E-state index < -0.39 is 6.04 Å². The largest absolute Gasteiger partial charge is 0.397 e. The summed E-state index contributed by atoms with van der Waals surface area (Å²) in [5, 5.41) is 2.89. The Morgan fingerprint density at radius 1 is 0.919 bits per heavy atom. The number of amides is 4. The zero-order valence-corrected chi connectivity index (χ0v) is 23.7. The Hall–Kier alpha value is -2.43. The van der Waals surface area contributed by atoms with Gasteiger partial charge in [-0.25, -0.2) is 4.79 Å². The number of nitrogen functional groups attached to an aromatic ring is 1. The van der Waals surface area contributed by atoms with E-state index in [-0.39, 0.29) is 23.9 Å². The van der Waals surface area contributed by atoms with Gasteiger partial charge in [-0.2, -0.15) is 0 Å². The number of urea groups is 1. The Morgan fingerprint density at radius 2 is 1.51 bits per heavy atom. The van der Waals surface area contributed by atoms with Crippen LogP contribution in [0.25, 0.3) is 0 Å². The third-order valence-electron chi connectivity index (χ3n) is 7.79. The average Bonchev–Trinajstić information content (AvgIpc) is 3.19. The number of nitrogens with zero attached hydrogens (tertiary/aromatic N) is 3. The number of anilines is 1. The number of piperidine rings is 2. The van der Waals surface area contributed by atoms with Gasteiger partial charge in [0.2, 0.25) is 0 Å².